The van der Waals surface area contributed by atoms with E-state index in [2.05, 4.69) is 30.0 Å². The molecule has 0 unspecified atom stereocenters. The molecule has 32 heavy (non-hydrogen) atoms. The molecule has 0 saturated carbocycles. The molecule has 5 rings (SSSR count). The van der Waals surface area contributed by atoms with E-state index >= 15 is 0 Å². The van der Waals surface area contributed by atoms with Gasteiger partial charge in [0.25, 0.3) is 10.9 Å². The Morgan fingerprint density at radius 2 is 2.00 bits per heavy atom. The number of nitro groups is 1. The van der Waals surface area contributed by atoms with E-state index < -0.39 is 0 Å². The van der Waals surface area contributed by atoms with Crippen molar-refractivity contribution >= 4 is 34.0 Å². The van der Waals surface area contributed by atoms with Gasteiger partial charge in [0.2, 0.25) is 5.89 Å². The number of anilines is 1. The molecule has 1 aliphatic heterocycles. The second-order valence-corrected chi connectivity index (χ2v) is 8.24. The SMILES string of the molecule is CN1CCN(c2cc3ncnc(Sc4nnc(-c5cccnc5)o4)c3cc2[N+](=O)[O-])CC1. The summed E-state index contributed by atoms with van der Waals surface area (Å²) in [5.41, 5.74) is 1.92. The fourth-order valence-electron chi connectivity index (χ4n) is 3.52. The van der Waals surface area contributed by atoms with Crippen LogP contribution in [0.4, 0.5) is 11.4 Å². The van der Waals surface area contributed by atoms with Gasteiger partial charge in [-0.15, -0.1) is 10.2 Å². The monoisotopic (exact) mass is 450 g/mol. The van der Waals surface area contributed by atoms with Gasteiger partial charge in [-0.25, -0.2) is 9.97 Å². The molecule has 0 aliphatic carbocycles. The summed E-state index contributed by atoms with van der Waals surface area (Å²) in [6, 6.07) is 6.89. The van der Waals surface area contributed by atoms with Gasteiger partial charge in [0.1, 0.15) is 17.0 Å². The summed E-state index contributed by atoms with van der Waals surface area (Å²) >= 11 is 1.14. The molecule has 0 radical (unpaired) electrons. The number of pyridine rings is 1. The molecule has 4 aromatic rings. The van der Waals surface area contributed by atoms with Crippen LogP contribution in [0.15, 0.2) is 57.7 Å². The zero-order valence-corrected chi connectivity index (χ0v) is 17.9. The summed E-state index contributed by atoms with van der Waals surface area (Å²) < 4.78 is 5.72. The van der Waals surface area contributed by atoms with Gasteiger partial charge in [0.15, 0.2) is 0 Å². The minimum atomic E-state index is -0.359. The summed E-state index contributed by atoms with van der Waals surface area (Å²) in [7, 11) is 2.04. The Morgan fingerprint density at radius 3 is 2.75 bits per heavy atom. The highest BCUT2D eigenvalue weighted by Gasteiger charge is 2.25. The second-order valence-electron chi connectivity index (χ2n) is 7.30. The topological polar surface area (TPSA) is 127 Å². The molecule has 0 bridgehead atoms. The van der Waals surface area contributed by atoms with Crippen LogP contribution >= 0.6 is 11.8 Å². The first-order valence-corrected chi connectivity index (χ1v) is 10.7. The van der Waals surface area contributed by atoms with Crippen molar-refractivity contribution in [2.24, 2.45) is 0 Å². The molecular weight excluding hydrogens is 432 g/mol. The van der Waals surface area contributed by atoms with Crippen molar-refractivity contribution in [2.45, 2.75) is 10.2 Å². The van der Waals surface area contributed by atoms with Gasteiger partial charge in [-0.3, -0.25) is 15.1 Å². The summed E-state index contributed by atoms with van der Waals surface area (Å²) in [5.74, 6) is 0.335. The first-order chi connectivity index (χ1) is 15.6. The summed E-state index contributed by atoms with van der Waals surface area (Å²) in [5, 5.41) is 21.3. The lowest BCUT2D eigenvalue weighted by molar-refractivity contribution is -0.384. The van der Waals surface area contributed by atoms with Crippen LogP contribution in [0, 0.1) is 10.1 Å². The Balaban J connectivity index is 1.50. The van der Waals surface area contributed by atoms with E-state index in [0.29, 0.717) is 46.2 Å². The number of fused-ring (bicyclic) bond motifs is 1. The number of rotatable bonds is 5. The van der Waals surface area contributed by atoms with E-state index in [4.69, 9.17) is 4.42 Å². The normalized spacial score (nSPS) is 14.7. The van der Waals surface area contributed by atoms with Crippen LogP contribution in [0.5, 0.6) is 0 Å². The van der Waals surface area contributed by atoms with Gasteiger partial charge >= 0.3 is 0 Å². The third-order valence-corrected chi connectivity index (χ3v) is 6.09. The highest BCUT2D eigenvalue weighted by atomic mass is 32.2. The minimum Gasteiger partial charge on any atom is -0.411 e. The van der Waals surface area contributed by atoms with Crippen molar-refractivity contribution in [1.29, 1.82) is 0 Å². The van der Waals surface area contributed by atoms with Gasteiger partial charge in [0.05, 0.1) is 16.0 Å². The second kappa shape index (κ2) is 8.48. The van der Waals surface area contributed by atoms with Crippen LogP contribution in [0.2, 0.25) is 0 Å². The van der Waals surface area contributed by atoms with Gasteiger partial charge in [0, 0.05) is 50.0 Å². The largest absolute Gasteiger partial charge is 0.411 e. The van der Waals surface area contributed by atoms with E-state index in [0.717, 1.165) is 24.9 Å². The summed E-state index contributed by atoms with van der Waals surface area (Å²) in [4.78, 5) is 28.4. The van der Waals surface area contributed by atoms with Crippen molar-refractivity contribution in [2.75, 3.05) is 38.1 Å². The fraction of sp³-hybridized carbons (Fsp3) is 0.250. The van der Waals surface area contributed by atoms with Gasteiger partial charge in [-0.2, -0.15) is 0 Å². The van der Waals surface area contributed by atoms with Crippen molar-refractivity contribution in [3.05, 3.63) is 53.1 Å². The standard InChI is InChI=1S/C20H18N8O3S/c1-26-5-7-27(8-6-26)16-10-15-14(9-17(16)28(29)30)19(23-12-22-15)32-20-25-24-18(31-20)13-3-2-4-21-11-13/h2-4,9-12H,5-8H2,1H3. The molecular formula is C20H18N8O3S. The number of aromatic nitrogens is 5. The number of piperazine rings is 1. The van der Waals surface area contributed by atoms with Crippen molar-refractivity contribution in [3.63, 3.8) is 0 Å². The van der Waals surface area contributed by atoms with Crippen molar-refractivity contribution < 1.29 is 9.34 Å². The van der Waals surface area contributed by atoms with E-state index in [1.807, 2.05) is 18.0 Å². The average Bonchev–Trinajstić information content (AvgIpc) is 3.28. The van der Waals surface area contributed by atoms with E-state index in [9.17, 15) is 10.1 Å². The molecule has 1 saturated heterocycles. The first-order valence-electron chi connectivity index (χ1n) is 9.87. The van der Waals surface area contributed by atoms with Gasteiger partial charge < -0.3 is 14.2 Å². The Bertz CT molecular complexity index is 1270. The highest BCUT2D eigenvalue weighted by Crippen LogP contribution is 2.38. The lowest BCUT2D eigenvalue weighted by atomic mass is 10.1. The lowest BCUT2D eigenvalue weighted by Gasteiger charge is -2.33. The number of nitro benzene ring substituents is 1. The molecule has 0 atom stereocenters. The summed E-state index contributed by atoms with van der Waals surface area (Å²) in [6.07, 6.45) is 4.72. The maximum atomic E-state index is 11.9. The smallest absolute Gasteiger partial charge is 0.293 e. The quantitative estimate of drug-likeness (QED) is 0.253. The lowest BCUT2D eigenvalue weighted by Crippen LogP contribution is -2.44. The maximum absolute atomic E-state index is 11.9. The Labute approximate surface area is 186 Å². The number of likely N-dealkylation sites (N-methyl/N-ethyl adjacent to an activating group) is 1. The molecule has 0 amide bonds. The zero-order chi connectivity index (χ0) is 22.1. The number of benzene rings is 1. The van der Waals surface area contributed by atoms with Crippen LogP contribution < -0.4 is 4.90 Å². The number of hydrogen-bond donors (Lipinski definition) is 0. The molecule has 1 aliphatic rings. The van der Waals surface area contributed by atoms with Crippen LogP contribution in [0.25, 0.3) is 22.4 Å². The molecule has 0 N–H and O–H groups in total. The van der Waals surface area contributed by atoms with Gasteiger partial charge in [-0.1, -0.05) is 0 Å². The Morgan fingerprint density at radius 1 is 1.16 bits per heavy atom. The molecule has 162 valence electrons. The zero-order valence-electron chi connectivity index (χ0n) is 17.1. The number of nitrogens with zero attached hydrogens (tertiary/aromatic N) is 8. The molecule has 12 heteroatoms. The van der Waals surface area contributed by atoms with Crippen LogP contribution in [-0.4, -0.2) is 68.2 Å². The Kier molecular flexibility index (Phi) is 5.37. The van der Waals surface area contributed by atoms with E-state index in [-0.39, 0.29) is 15.8 Å². The third kappa shape index (κ3) is 3.97. The minimum absolute atomic E-state index is 0.0280. The summed E-state index contributed by atoms with van der Waals surface area (Å²) in [6.45, 7) is 3.12. The number of hydrogen-bond acceptors (Lipinski definition) is 11. The molecule has 3 aromatic heterocycles. The molecule has 1 aromatic carbocycles. The van der Waals surface area contributed by atoms with Crippen molar-refractivity contribution in [3.8, 4) is 11.5 Å². The first kappa shape index (κ1) is 20.3. The van der Waals surface area contributed by atoms with E-state index in [1.54, 1.807) is 24.5 Å². The van der Waals surface area contributed by atoms with Crippen LogP contribution in [-0.2, 0) is 0 Å². The maximum Gasteiger partial charge on any atom is 0.293 e. The average molecular weight is 450 g/mol. The predicted molar refractivity (Wildman–Crippen MR) is 118 cm³/mol. The fourth-order valence-corrected chi connectivity index (χ4v) is 4.27. The van der Waals surface area contributed by atoms with Crippen molar-refractivity contribution in [1.82, 2.24) is 30.0 Å². The molecule has 0 spiro atoms. The van der Waals surface area contributed by atoms with E-state index in [1.165, 1.54) is 12.4 Å². The predicted octanol–water partition coefficient (Wildman–Crippen LogP) is 2.89. The third-order valence-electron chi connectivity index (χ3n) is 5.23. The van der Waals surface area contributed by atoms with Crippen LogP contribution in [0.1, 0.15) is 0 Å². The molecule has 11 nitrogen and oxygen atoms in total. The van der Waals surface area contributed by atoms with Gasteiger partial charge in [-0.05, 0) is 37.0 Å². The van der Waals surface area contributed by atoms with Crippen LogP contribution in [0.3, 0.4) is 0 Å². The molecule has 4 heterocycles. The highest BCUT2D eigenvalue weighted by molar-refractivity contribution is 7.99. The Hall–Kier alpha value is -3.64. The molecule has 1 fully saturated rings.